The Balaban J connectivity index is 1.93. The van der Waals surface area contributed by atoms with Gasteiger partial charge in [0.05, 0.1) is 17.5 Å². The SMILES string of the molecule is COC(=O)C(c1ccccc1)c1ccc([N+](=O)[O-])c(-n2ccc3ccccc32)c1. The molecule has 0 bridgehead atoms. The quantitative estimate of drug-likeness (QED) is 0.279. The second kappa shape index (κ2) is 7.59. The zero-order valence-corrected chi connectivity index (χ0v) is 15.7. The number of ether oxygens (including phenoxy) is 1. The van der Waals surface area contributed by atoms with Crippen molar-refractivity contribution in [1.29, 1.82) is 0 Å². The third kappa shape index (κ3) is 3.36. The summed E-state index contributed by atoms with van der Waals surface area (Å²) in [6.07, 6.45) is 1.80. The van der Waals surface area contributed by atoms with E-state index in [-0.39, 0.29) is 5.69 Å². The average Bonchev–Trinajstić information content (AvgIpc) is 3.18. The van der Waals surface area contributed by atoms with Crippen molar-refractivity contribution in [3.63, 3.8) is 0 Å². The predicted molar refractivity (Wildman–Crippen MR) is 110 cm³/mol. The molecule has 3 aromatic carbocycles. The zero-order valence-electron chi connectivity index (χ0n) is 15.7. The highest BCUT2D eigenvalue weighted by Gasteiger charge is 2.26. The molecular weight excluding hydrogens is 368 g/mol. The lowest BCUT2D eigenvalue weighted by Crippen LogP contribution is -2.16. The number of hydrogen-bond acceptors (Lipinski definition) is 4. The lowest BCUT2D eigenvalue weighted by Gasteiger charge is -2.17. The van der Waals surface area contributed by atoms with Crippen LogP contribution in [0, 0.1) is 10.1 Å². The summed E-state index contributed by atoms with van der Waals surface area (Å²) in [5, 5.41) is 12.7. The van der Waals surface area contributed by atoms with Crippen LogP contribution >= 0.6 is 0 Å². The highest BCUT2D eigenvalue weighted by Crippen LogP contribution is 2.33. The molecule has 0 spiro atoms. The second-order valence-corrected chi connectivity index (χ2v) is 6.62. The average molecular weight is 386 g/mol. The summed E-state index contributed by atoms with van der Waals surface area (Å²) in [6, 6.07) is 23.5. The van der Waals surface area contributed by atoms with E-state index < -0.39 is 16.8 Å². The number of carbonyl (C=O) groups is 1. The van der Waals surface area contributed by atoms with Crippen molar-refractivity contribution in [3.05, 3.63) is 106 Å². The number of esters is 1. The maximum atomic E-state index is 12.6. The predicted octanol–water partition coefficient (Wildman–Crippen LogP) is 4.84. The van der Waals surface area contributed by atoms with Gasteiger partial charge < -0.3 is 9.30 Å². The molecule has 6 nitrogen and oxygen atoms in total. The molecule has 1 aromatic heterocycles. The van der Waals surface area contributed by atoms with Crippen LogP contribution in [0.1, 0.15) is 17.0 Å². The summed E-state index contributed by atoms with van der Waals surface area (Å²) in [5.74, 6) is -1.10. The topological polar surface area (TPSA) is 74.4 Å². The molecule has 1 unspecified atom stereocenters. The second-order valence-electron chi connectivity index (χ2n) is 6.62. The molecule has 0 N–H and O–H groups in total. The lowest BCUT2D eigenvalue weighted by atomic mass is 9.90. The van der Waals surface area contributed by atoms with E-state index >= 15 is 0 Å². The van der Waals surface area contributed by atoms with Crippen LogP contribution in [-0.2, 0) is 9.53 Å². The molecule has 0 fully saturated rings. The van der Waals surface area contributed by atoms with E-state index in [9.17, 15) is 14.9 Å². The van der Waals surface area contributed by atoms with Crippen molar-refractivity contribution < 1.29 is 14.5 Å². The van der Waals surface area contributed by atoms with Crippen LogP contribution < -0.4 is 0 Å². The Labute approximate surface area is 167 Å². The normalized spacial score (nSPS) is 11.9. The minimum atomic E-state index is -0.678. The molecule has 0 radical (unpaired) electrons. The number of rotatable bonds is 5. The van der Waals surface area contributed by atoms with E-state index in [0.29, 0.717) is 11.3 Å². The number of para-hydroxylation sites is 1. The fourth-order valence-electron chi connectivity index (χ4n) is 3.59. The molecule has 4 aromatic rings. The minimum absolute atomic E-state index is 0.0354. The molecule has 0 amide bonds. The number of aromatic nitrogens is 1. The fourth-order valence-corrected chi connectivity index (χ4v) is 3.59. The molecule has 0 saturated carbocycles. The third-order valence-electron chi connectivity index (χ3n) is 4.96. The molecule has 29 heavy (non-hydrogen) atoms. The Morgan fingerprint density at radius 1 is 0.966 bits per heavy atom. The number of nitro benzene ring substituents is 1. The van der Waals surface area contributed by atoms with Crippen LogP contribution in [0.25, 0.3) is 16.6 Å². The lowest BCUT2D eigenvalue weighted by molar-refractivity contribution is -0.384. The summed E-state index contributed by atoms with van der Waals surface area (Å²) >= 11 is 0. The molecule has 1 heterocycles. The first kappa shape index (κ1) is 18.4. The Hall–Kier alpha value is -3.93. The van der Waals surface area contributed by atoms with Gasteiger partial charge in [-0.05, 0) is 34.7 Å². The number of hydrogen-bond donors (Lipinski definition) is 0. The van der Waals surface area contributed by atoms with Crippen molar-refractivity contribution >= 4 is 22.6 Å². The molecule has 1 atom stereocenters. The van der Waals surface area contributed by atoms with Gasteiger partial charge in [0.1, 0.15) is 11.6 Å². The minimum Gasteiger partial charge on any atom is -0.468 e. The summed E-state index contributed by atoms with van der Waals surface area (Å²) in [7, 11) is 1.34. The van der Waals surface area contributed by atoms with E-state index in [2.05, 4.69) is 0 Å². The molecule has 6 heteroatoms. The van der Waals surface area contributed by atoms with Gasteiger partial charge >= 0.3 is 5.97 Å². The Morgan fingerprint density at radius 2 is 1.69 bits per heavy atom. The highest BCUT2D eigenvalue weighted by molar-refractivity contribution is 5.85. The molecular formula is C23H18N2O4. The Bertz CT molecular complexity index is 1200. The molecule has 0 aliphatic heterocycles. The number of fused-ring (bicyclic) bond motifs is 1. The first-order valence-corrected chi connectivity index (χ1v) is 9.07. The van der Waals surface area contributed by atoms with Crippen LogP contribution in [0.3, 0.4) is 0 Å². The number of carbonyl (C=O) groups excluding carboxylic acids is 1. The van der Waals surface area contributed by atoms with Crippen LogP contribution in [0.4, 0.5) is 5.69 Å². The van der Waals surface area contributed by atoms with Gasteiger partial charge in [0.15, 0.2) is 0 Å². The standard InChI is InChI=1S/C23H18N2O4/c1-29-23(26)22(17-8-3-2-4-9-17)18-11-12-20(25(27)28)21(15-18)24-14-13-16-7-5-6-10-19(16)24/h2-15,22H,1H3. The monoisotopic (exact) mass is 386 g/mol. The van der Waals surface area contributed by atoms with Crippen LogP contribution in [0.15, 0.2) is 85.1 Å². The number of nitro groups is 1. The van der Waals surface area contributed by atoms with E-state index in [1.54, 1.807) is 22.9 Å². The van der Waals surface area contributed by atoms with Crippen LogP contribution in [0.5, 0.6) is 0 Å². The van der Waals surface area contributed by atoms with Crippen molar-refractivity contribution in [2.45, 2.75) is 5.92 Å². The molecule has 4 rings (SSSR count). The summed E-state index contributed by atoms with van der Waals surface area (Å²) in [5.41, 5.74) is 2.60. The highest BCUT2D eigenvalue weighted by atomic mass is 16.6. The van der Waals surface area contributed by atoms with Crippen molar-refractivity contribution in [2.75, 3.05) is 7.11 Å². The molecule has 0 aliphatic carbocycles. The van der Waals surface area contributed by atoms with Gasteiger partial charge in [-0.25, -0.2) is 0 Å². The molecule has 0 saturated heterocycles. The van der Waals surface area contributed by atoms with E-state index in [4.69, 9.17) is 4.74 Å². The number of nitrogens with zero attached hydrogens (tertiary/aromatic N) is 2. The van der Waals surface area contributed by atoms with Gasteiger partial charge in [0, 0.05) is 12.3 Å². The summed E-state index contributed by atoms with van der Waals surface area (Å²) in [6.45, 7) is 0. The largest absolute Gasteiger partial charge is 0.468 e. The van der Waals surface area contributed by atoms with E-state index in [0.717, 1.165) is 16.5 Å². The zero-order chi connectivity index (χ0) is 20.4. The third-order valence-corrected chi connectivity index (χ3v) is 4.96. The first-order chi connectivity index (χ1) is 14.1. The van der Waals surface area contributed by atoms with Gasteiger partial charge in [-0.2, -0.15) is 0 Å². The Morgan fingerprint density at radius 3 is 2.41 bits per heavy atom. The van der Waals surface area contributed by atoms with Crippen LogP contribution in [0.2, 0.25) is 0 Å². The number of methoxy groups -OCH3 is 1. The van der Waals surface area contributed by atoms with Gasteiger partial charge in [-0.15, -0.1) is 0 Å². The van der Waals surface area contributed by atoms with E-state index in [1.165, 1.54) is 13.2 Å². The Kier molecular flexibility index (Phi) is 4.83. The van der Waals surface area contributed by atoms with Crippen molar-refractivity contribution in [2.24, 2.45) is 0 Å². The van der Waals surface area contributed by atoms with Crippen molar-refractivity contribution in [3.8, 4) is 5.69 Å². The maximum absolute atomic E-state index is 12.6. The molecule has 144 valence electrons. The maximum Gasteiger partial charge on any atom is 0.317 e. The van der Waals surface area contributed by atoms with Gasteiger partial charge in [-0.1, -0.05) is 54.6 Å². The van der Waals surface area contributed by atoms with Gasteiger partial charge in [-0.3, -0.25) is 14.9 Å². The first-order valence-electron chi connectivity index (χ1n) is 9.07. The van der Waals surface area contributed by atoms with E-state index in [1.807, 2.05) is 60.7 Å². The summed E-state index contributed by atoms with van der Waals surface area (Å²) in [4.78, 5) is 23.9. The number of benzene rings is 3. The van der Waals surface area contributed by atoms with Gasteiger partial charge in [0.2, 0.25) is 0 Å². The van der Waals surface area contributed by atoms with Gasteiger partial charge in [0.25, 0.3) is 5.69 Å². The van der Waals surface area contributed by atoms with Crippen molar-refractivity contribution in [1.82, 2.24) is 4.57 Å². The van der Waals surface area contributed by atoms with Crippen LogP contribution in [-0.4, -0.2) is 22.6 Å². The molecule has 0 aliphatic rings. The smallest absolute Gasteiger partial charge is 0.317 e. The summed E-state index contributed by atoms with van der Waals surface area (Å²) < 4.78 is 6.79. The fraction of sp³-hybridized carbons (Fsp3) is 0.0870.